The summed E-state index contributed by atoms with van der Waals surface area (Å²) in [5.74, 6) is -0.183. The van der Waals surface area contributed by atoms with Crippen molar-refractivity contribution in [2.75, 3.05) is 41.9 Å². The Hall–Kier alpha value is -3.32. The van der Waals surface area contributed by atoms with Crippen LogP contribution in [0.25, 0.3) is 0 Å². The first-order valence-corrected chi connectivity index (χ1v) is 13.9. The van der Waals surface area contributed by atoms with Crippen LogP contribution >= 0.6 is 0 Å². The molecule has 0 N–H and O–H groups in total. The second-order valence-electron chi connectivity index (χ2n) is 9.39. The van der Waals surface area contributed by atoms with Gasteiger partial charge >= 0.3 is 0 Å². The normalized spacial score (nSPS) is 14.1. The van der Waals surface area contributed by atoms with E-state index in [-0.39, 0.29) is 17.3 Å². The molecule has 0 atom stereocenters. The maximum atomic E-state index is 13.8. The Balaban J connectivity index is 1.57. The number of hydrogen-bond acceptors (Lipinski definition) is 4. The molecule has 1 heterocycles. The highest BCUT2D eigenvalue weighted by Crippen LogP contribution is 2.29. The molecule has 1 aliphatic rings. The summed E-state index contributed by atoms with van der Waals surface area (Å²) >= 11 is 0. The zero-order valence-electron chi connectivity index (χ0n) is 21.6. The lowest BCUT2D eigenvalue weighted by Crippen LogP contribution is -2.52. The lowest BCUT2D eigenvalue weighted by Gasteiger charge is -2.38. The first kappa shape index (κ1) is 25.8. The molecule has 1 fully saturated rings. The first-order chi connectivity index (χ1) is 17.2. The van der Waals surface area contributed by atoms with Crippen LogP contribution in [0.5, 0.6) is 0 Å². The molecule has 0 spiro atoms. The molecule has 0 radical (unpaired) electrons. The fourth-order valence-corrected chi connectivity index (χ4v) is 6.14. The van der Waals surface area contributed by atoms with Crippen molar-refractivity contribution in [2.24, 2.45) is 0 Å². The van der Waals surface area contributed by atoms with Crippen molar-refractivity contribution < 1.29 is 13.2 Å². The highest BCUT2D eigenvalue weighted by molar-refractivity contribution is 7.92. The van der Waals surface area contributed by atoms with Gasteiger partial charge in [-0.05, 0) is 68.1 Å². The van der Waals surface area contributed by atoms with Gasteiger partial charge in [0.25, 0.3) is 10.0 Å². The molecule has 0 bridgehead atoms. The molecule has 1 amide bonds. The van der Waals surface area contributed by atoms with Gasteiger partial charge in [0.05, 0.1) is 10.6 Å². The lowest BCUT2D eigenvalue weighted by atomic mass is 10.1. The second-order valence-corrected chi connectivity index (χ2v) is 11.3. The molecule has 0 unspecified atom stereocenters. The number of nitrogens with zero attached hydrogens (tertiary/aromatic N) is 3. The predicted molar refractivity (Wildman–Crippen MR) is 146 cm³/mol. The number of sulfonamides is 1. The quantitative estimate of drug-likeness (QED) is 0.466. The molecule has 6 nitrogen and oxygen atoms in total. The molecule has 3 aromatic rings. The molecule has 7 heteroatoms. The van der Waals surface area contributed by atoms with Gasteiger partial charge in [0.1, 0.15) is 6.54 Å². The van der Waals surface area contributed by atoms with E-state index in [1.165, 1.54) is 21.1 Å². The Labute approximate surface area is 215 Å². The summed E-state index contributed by atoms with van der Waals surface area (Å²) < 4.78 is 28.9. The third kappa shape index (κ3) is 5.26. The van der Waals surface area contributed by atoms with E-state index in [1.54, 1.807) is 35.2 Å². The van der Waals surface area contributed by atoms with Crippen molar-refractivity contribution in [1.29, 1.82) is 0 Å². The fourth-order valence-electron chi connectivity index (χ4n) is 4.69. The predicted octanol–water partition coefficient (Wildman–Crippen LogP) is 4.72. The van der Waals surface area contributed by atoms with Crippen LogP contribution in [-0.4, -0.2) is 51.9 Å². The van der Waals surface area contributed by atoms with Crippen molar-refractivity contribution in [3.8, 4) is 0 Å². The van der Waals surface area contributed by atoms with Crippen molar-refractivity contribution in [1.82, 2.24) is 4.90 Å². The number of rotatable bonds is 7. The van der Waals surface area contributed by atoms with Gasteiger partial charge in [0, 0.05) is 31.9 Å². The van der Waals surface area contributed by atoms with E-state index in [0.29, 0.717) is 38.3 Å². The fraction of sp³-hybridized carbons (Fsp3) is 0.345. The molecule has 1 saturated heterocycles. The Morgan fingerprint density at radius 3 is 2.19 bits per heavy atom. The van der Waals surface area contributed by atoms with Crippen LogP contribution in [0.15, 0.2) is 71.6 Å². The summed E-state index contributed by atoms with van der Waals surface area (Å²) in [7, 11) is -3.93. The van der Waals surface area contributed by atoms with Crippen LogP contribution in [0, 0.1) is 20.8 Å². The van der Waals surface area contributed by atoms with Crippen molar-refractivity contribution in [3.63, 3.8) is 0 Å². The average Bonchev–Trinajstić information content (AvgIpc) is 2.89. The highest BCUT2D eigenvalue weighted by atomic mass is 32.2. The Morgan fingerprint density at radius 2 is 1.53 bits per heavy atom. The van der Waals surface area contributed by atoms with E-state index in [9.17, 15) is 13.2 Å². The van der Waals surface area contributed by atoms with E-state index in [1.807, 2.05) is 32.0 Å². The number of aryl methyl sites for hydroxylation is 3. The van der Waals surface area contributed by atoms with E-state index >= 15 is 0 Å². The molecule has 3 aromatic carbocycles. The summed E-state index contributed by atoms with van der Waals surface area (Å²) in [4.78, 5) is 17.8. The summed E-state index contributed by atoms with van der Waals surface area (Å²) in [5.41, 5.74) is 6.12. The number of piperazine rings is 1. The summed E-state index contributed by atoms with van der Waals surface area (Å²) in [6.07, 6.45) is 0.665. The number of para-hydroxylation sites is 1. The van der Waals surface area contributed by atoms with Gasteiger partial charge in [-0.3, -0.25) is 9.10 Å². The topological polar surface area (TPSA) is 60.9 Å². The average molecular weight is 506 g/mol. The van der Waals surface area contributed by atoms with Crippen molar-refractivity contribution in [3.05, 3.63) is 89.0 Å². The van der Waals surface area contributed by atoms with Gasteiger partial charge in [-0.15, -0.1) is 0 Å². The largest absolute Gasteiger partial charge is 0.368 e. The molecule has 0 saturated carbocycles. The molecular formula is C29H35N3O3S. The summed E-state index contributed by atoms with van der Waals surface area (Å²) in [6, 6.07) is 20.5. The summed E-state index contributed by atoms with van der Waals surface area (Å²) in [6.45, 7) is 10.5. The third-order valence-electron chi connectivity index (χ3n) is 7.08. The van der Waals surface area contributed by atoms with Crippen LogP contribution in [0.3, 0.4) is 0 Å². The molecule has 36 heavy (non-hydrogen) atoms. The monoisotopic (exact) mass is 505 g/mol. The minimum atomic E-state index is -3.93. The van der Waals surface area contributed by atoms with Crippen LogP contribution in [0.1, 0.15) is 29.2 Å². The van der Waals surface area contributed by atoms with Crippen molar-refractivity contribution in [2.45, 2.75) is 39.0 Å². The second kappa shape index (κ2) is 10.7. The van der Waals surface area contributed by atoms with Gasteiger partial charge in [-0.2, -0.15) is 0 Å². The van der Waals surface area contributed by atoms with Gasteiger partial charge in [-0.25, -0.2) is 8.42 Å². The molecule has 1 aliphatic heterocycles. The SMILES string of the molecule is CCc1ccccc1N(CC(=O)N1CCN(c2cccc(C)c2C)CC1)S(=O)(=O)c1ccc(C)cc1. The van der Waals surface area contributed by atoms with E-state index in [4.69, 9.17) is 0 Å². The molecule has 190 valence electrons. The van der Waals surface area contributed by atoms with Crippen LogP contribution in [-0.2, 0) is 21.2 Å². The molecule has 0 aliphatic carbocycles. The molecular weight excluding hydrogens is 470 g/mol. The smallest absolute Gasteiger partial charge is 0.264 e. The van der Waals surface area contributed by atoms with Crippen molar-refractivity contribution >= 4 is 27.3 Å². The maximum absolute atomic E-state index is 13.8. The number of amides is 1. The zero-order chi connectivity index (χ0) is 25.9. The number of hydrogen-bond donors (Lipinski definition) is 0. The summed E-state index contributed by atoms with van der Waals surface area (Å²) in [5, 5.41) is 0. The maximum Gasteiger partial charge on any atom is 0.264 e. The van der Waals surface area contributed by atoms with Crippen LogP contribution in [0.4, 0.5) is 11.4 Å². The minimum Gasteiger partial charge on any atom is -0.368 e. The number of carbonyl (C=O) groups is 1. The van der Waals surface area contributed by atoms with E-state index in [2.05, 4.69) is 36.9 Å². The van der Waals surface area contributed by atoms with Gasteiger partial charge in [0.15, 0.2) is 0 Å². The number of carbonyl (C=O) groups excluding carboxylic acids is 1. The van der Waals surface area contributed by atoms with Crippen LogP contribution < -0.4 is 9.21 Å². The lowest BCUT2D eigenvalue weighted by molar-refractivity contribution is -0.129. The van der Waals surface area contributed by atoms with Gasteiger partial charge in [-0.1, -0.05) is 55.0 Å². The minimum absolute atomic E-state index is 0.183. The number of anilines is 2. The zero-order valence-corrected chi connectivity index (χ0v) is 22.4. The number of benzene rings is 3. The molecule has 0 aromatic heterocycles. The van der Waals surface area contributed by atoms with Gasteiger partial charge in [0.2, 0.25) is 5.91 Å². The molecule has 4 rings (SSSR count). The first-order valence-electron chi connectivity index (χ1n) is 12.5. The van der Waals surface area contributed by atoms with E-state index < -0.39 is 10.0 Å². The Morgan fingerprint density at radius 1 is 0.861 bits per heavy atom. The Kier molecular flexibility index (Phi) is 7.69. The standard InChI is InChI=1S/C29H35N3O3S/c1-5-25-10-6-7-11-28(25)32(36(34,35)26-15-13-22(2)14-16-26)21-29(33)31-19-17-30(18-20-31)27-12-8-9-23(3)24(27)4/h6-16H,5,17-21H2,1-4H3. The Bertz CT molecular complexity index is 1330. The van der Waals surface area contributed by atoms with Gasteiger partial charge < -0.3 is 9.80 Å². The third-order valence-corrected chi connectivity index (χ3v) is 8.85. The van der Waals surface area contributed by atoms with E-state index in [0.717, 1.165) is 11.1 Å². The highest BCUT2D eigenvalue weighted by Gasteiger charge is 2.31. The van der Waals surface area contributed by atoms with Crippen LogP contribution in [0.2, 0.25) is 0 Å².